The van der Waals surface area contributed by atoms with Crippen molar-refractivity contribution in [3.05, 3.63) is 22.4 Å². The molecule has 0 radical (unpaired) electrons. The number of hydrogen-bond donors (Lipinski definition) is 1. The van der Waals surface area contributed by atoms with E-state index in [9.17, 15) is 0 Å². The molecule has 0 bridgehead atoms. The lowest BCUT2D eigenvalue weighted by Crippen LogP contribution is -2.20. The van der Waals surface area contributed by atoms with Crippen LogP contribution in [-0.2, 0) is 0 Å². The second-order valence-electron chi connectivity index (χ2n) is 4.62. The van der Waals surface area contributed by atoms with Gasteiger partial charge in [-0.25, -0.2) is 4.31 Å². The van der Waals surface area contributed by atoms with Crippen molar-refractivity contribution in [3.63, 3.8) is 0 Å². The van der Waals surface area contributed by atoms with Gasteiger partial charge in [0.25, 0.3) is 0 Å². The fourth-order valence-electron chi connectivity index (χ4n) is 1.60. The summed E-state index contributed by atoms with van der Waals surface area (Å²) >= 11 is 5.16. The molecule has 0 fully saturated rings. The van der Waals surface area contributed by atoms with Gasteiger partial charge in [0, 0.05) is 35.9 Å². The summed E-state index contributed by atoms with van der Waals surface area (Å²) < 4.78 is 6.84. The molecule has 0 unspecified atom stereocenters. The summed E-state index contributed by atoms with van der Waals surface area (Å²) in [7, 11) is 0. The van der Waals surface area contributed by atoms with Crippen LogP contribution in [-0.4, -0.2) is 22.4 Å². The molecule has 1 heterocycles. The Morgan fingerprint density at radius 2 is 1.89 bits per heavy atom. The van der Waals surface area contributed by atoms with Gasteiger partial charge < -0.3 is 4.72 Å². The Morgan fingerprint density at radius 1 is 1.26 bits per heavy atom. The number of pyridine rings is 1. The first kappa shape index (κ1) is 16.8. The molecule has 3 nitrogen and oxygen atoms in total. The Morgan fingerprint density at radius 3 is 2.47 bits per heavy atom. The molecule has 0 saturated carbocycles. The molecule has 0 aromatic carbocycles. The summed E-state index contributed by atoms with van der Waals surface area (Å²) in [6, 6.07) is 2.08. The van der Waals surface area contributed by atoms with Crippen LogP contribution in [0.25, 0.3) is 0 Å². The molecule has 0 saturated heterocycles. The lowest BCUT2D eigenvalue weighted by molar-refractivity contribution is 0.445. The Kier molecular flexibility index (Phi) is 8.50. The second kappa shape index (κ2) is 9.61. The van der Waals surface area contributed by atoms with Crippen LogP contribution < -0.4 is 4.72 Å². The molecule has 0 aliphatic rings. The van der Waals surface area contributed by atoms with Crippen molar-refractivity contribution in [2.45, 2.75) is 46.5 Å². The number of hydrogen-bond acceptors (Lipinski definition) is 4. The number of unbranched alkanes of at least 4 members (excludes halogenated alkanes) is 2. The maximum Gasteiger partial charge on any atom is 0.0676 e. The van der Waals surface area contributed by atoms with Crippen LogP contribution in [0, 0.1) is 6.92 Å². The molecular weight excluding hydrogens is 322 g/mol. The van der Waals surface area contributed by atoms with Gasteiger partial charge in [-0.2, -0.15) is 0 Å². The third-order valence-corrected chi connectivity index (χ3v) is 4.23. The zero-order chi connectivity index (χ0) is 14.1. The third-order valence-electron chi connectivity index (χ3n) is 2.86. The lowest BCUT2D eigenvalue weighted by atomic mass is 10.3. The van der Waals surface area contributed by atoms with E-state index < -0.39 is 0 Å². The standard InChI is InChI=1S/C14H24BrN3S/c1-4-6-8-18(9-7-5-2)19-17-14-10-13(15)11-16-12(14)3/h10-11,17H,4-9H2,1-3H3. The van der Waals surface area contributed by atoms with E-state index in [1.807, 2.05) is 13.1 Å². The average Bonchev–Trinajstić information content (AvgIpc) is 2.41. The molecule has 5 heteroatoms. The average molecular weight is 346 g/mol. The molecule has 1 rings (SSSR count). The molecule has 0 aliphatic heterocycles. The monoisotopic (exact) mass is 345 g/mol. The van der Waals surface area contributed by atoms with E-state index in [-0.39, 0.29) is 0 Å². The second-order valence-corrected chi connectivity index (χ2v) is 6.43. The van der Waals surface area contributed by atoms with Crippen LogP contribution in [0.3, 0.4) is 0 Å². The molecule has 108 valence electrons. The van der Waals surface area contributed by atoms with Gasteiger partial charge in [-0.3, -0.25) is 4.98 Å². The highest BCUT2D eigenvalue weighted by molar-refractivity contribution is 9.10. The van der Waals surface area contributed by atoms with Crippen molar-refractivity contribution in [3.8, 4) is 0 Å². The maximum absolute atomic E-state index is 4.34. The largest absolute Gasteiger partial charge is 0.315 e. The summed E-state index contributed by atoms with van der Waals surface area (Å²) in [5, 5.41) is 0. The normalized spacial score (nSPS) is 11.0. The number of nitrogens with zero attached hydrogens (tertiary/aromatic N) is 2. The van der Waals surface area contributed by atoms with Crippen molar-refractivity contribution in [2.24, 2.45) is 0 Å². The van der Waals surface area contributed by atoms with Gasteiger partial charge in [0.15, 0.2) is 0 Å². The Labute approximate surface area is 130 Å². The maximum atomic E-state index is 4.34. The van der Waals surface area contributed by atoms with E-state index in [0.29, 0.717) is 0 Å². The topological polar surface area (TPSA) is 28.2 Å². The third kappa shape index (κ3) is 6.63. The van der Waals surface area contributed by atoms with Crippen LogP contribution in [0.4, 0.5) is 5.69 Å². The van der Waals surface area contributed by atoms with Crippen LogP contribution in [0.1, 0.15) is 45.2 Å². The van der Waals surface area contributed by atoms with Crippen molar-refractivity contribution in [2.75, 3.05) is 17.8 Å². The fourth-order valence-corrected chi connectivity index (χ4v) is 2.80. The molecule has 19 heavy (non-hydrogen) atoms. The molecule has 0 amide bonds. The van der Waals surface area contributed by atoms with Gasteiger partial charge in [-0.15, -0.1) is 0 Å². The first-order valence-corrected chi connectivity index (χ1v) is 8.54. The van der Waals surface area contributed by atoms with Crippen molar-refractivity contribution < 1.29 is 0 Å². The highest BCUT2D eigenvalue weighted by atomic mass is 79.9. The van der Waals surface area contributed by atoms with Crippen LogP contribution in [0.2, 0.25) is 0 Å². The fraction of sp³-hybridized carbons (Fsp3) is 0.643. The number of aromatic nitrogens is 1. The zero-order valence-electron chi connectivity index (χ0n) is 12.1. The predicted molar refractivity (Wildman–Crippen MR) is 89.3 cm³/mol. The van der Waals surface area contributed by atoms with Crippen molar-refractivity contribution in [1.82, 2.24) is 9.29 Å². The summed E-state index contributed by atoms with van der Waals surface area (Å²) in [5.41, 5.74) is 2.11. The van der Waals surface area contributed by atoms with E-state index >= 15 is 0 Å². The minimum atomic E-state index is 1.01. The van der Waals surface area contributed by atoms with Gasteiger partial charge in [0.05, 0.1) is 11.4 Å². The summed E-state index contributed by atoms with van der Waals surface area (Å²) in [6.07, 6.45) is 6.79. The Bertz CT molecular complexity index is 366. The molecular formula is C14H24BrN3S. The molecule has 1 aromatic heterocycles. The minimum Gasteiger partial charge on any atom is -0.315 e. The zero-order valence-corrected chi connectivity index (χ0v) is 14.5. The van der Waals surface area contributed by atoms with Gasteiger partial charge in [0.2, 0.25) is 0 Å². The van der Waals surface area contributed by atoms with E-state index in [1.54, 1.807) is 12.1 Å². The van der Waals surface area contributed by atoms with E-state index in [1.165, 1.54) is 25.7 Å². The molecule has 0 spiro atoms. The SMILES string of the molecule is CCCCN(CCCC)SNc1cc(Br)cnc1C. The first-order valence-electron chi connectivity index (χ1n) is 6.97. The smallest absolute Gasteiger partial charge is 0.0676 e. The van der Waals surface area contributed by atoms with Crippen LogP contribution in [0.15, 0.2) is 16.7 Å². The number of rotatable bonds is 9. The molecule has 1 N–H and O–H groups in total. The van der Waals surface area contributed by atoms with Gasteiger partial charge in [0.1, 0.15) is 0 Å². The lowest BCUT2D eigenvalue weighted by Gasteiger charge is -2.21. The van der Waals surface area contributed by atoms with Gasteiger partial charge >= 0.3 is 0 Å². The number of anilines is 1. The summed E-state index contributed by atoms with van der Waals surface area (Å²) in [4.78, 5) is 4.34. The predicted octanol–water partition coefficient (Wildman–Crippen LogP) is 5.03. The Balaban J connectivity index is 2.51. The van der Waals surface area contributed by atoms with Crippen LogP contribution >= 0.6 is 28.1 Å². The van der Waals surface area contributed by atoms with E-state index in [0.717, 1.165) is 28.9 Å². The number of nitrogens with one attached hydrogen (secondary N) is 1. The molecule has 1 aromatic rings. The highest BCUT2D eigenvalue weighted by Gasteiger charge is 2.07. The number of aryl methyl sites for hydroxylation is 1. The van der Waals surface area contributed by atoms with Gasteiger partial charge in [-0.1, -0.05) is 26.7 Å². The molecule has 0 atom stereocenters. The quantitative estimate of drug-likeness (QED) is 0.635. The van der Waals surface area contributed by atoms with Crippen LogP contribution in [0.5, 0.6) is 0 Å². The van der Waals surface area contributed by atoms with Gasteiger partial charge in [-0.05, 0) is 41.8 Å². The van der Waals surface area contributed by atoms with Crippen molar-refractivity contribution in [1.29, 1.82) is 0 Å². The minimum absolute atomic E-state index is 1.01. The van der Waals surface area contributed by atoms with Crippen molar-refractivity contribution >= 4 is 33.8 Å². The first-order chi connectivity index (χ1) is 9.17. The highest BCUT2D eigenvalue weighted by Crippen LogP contribution is 2.23. The summed E-state index contributed by atoms with van der Waals surface area (Å²) in [6.45, 7) is 8.76. The Hall–Kier alpha value is -0.260. The molecule has 0 aliphatic carbocycles. The van der Waals surface area contributed by atoms with E-state index in [2.05, 4.69) is 49.9 Å². The number of halogens is 1. The van der Waals surface area contributed by atoms with E-state index in [4.69, 9.17) is 0 Å². The summed E-state index contributed by atoms with van der Waals surface area (Å²) in [5.74, 6) is 0.